The minimum Gasteiger partial charge on any atom is -0.488 e. The SMILES string of the molecule is Cc1cccc(Pc2c(C)cccc2CNCc2ccccc2)c1OCc1ccccc1. The van der Waals surface area contributed by atoms with Gasteiger partial charge in [-0.2, -0.15) is 0 Å². The van der Waals surface area contributed by atoms with Gasteiger partial charge in [0, 0.05) is 18.4 Å². The van der Waals surface area contributed by atoms with Gasteiger partial charge in [-0.3, -0.25) is 0 Å². The molecule has 1 unspecified atom stereocenters. The Balaban J connectivity index is 1.51. The fraction of sp³-hybridized carbons (Fsp3) is 0.172. The highest BCUT2D eigenvalue weighted by Crippen LogP contribution is 2.26. The molecule has 0 fully saturated rings. The van der Waals surface area contributed by atoms with E-state index in [0.717, 1.165) is 18.8 Å². The molecular weight excluding hydrogens is 409 g/mol. The van der Waals surface area contributed by atoms with Gasteiger partial charge in [0.25, 0.3) is 0 Å². The quantitative estimate of drug-likeness (QED) is 0.333. The zero-order chi connectivity index (χ0) is 22.2. The molecule has 0 aliphatic rings. The molecule has 0 bridgehead atoms. The van der Waals surface area contributed by atoms with E-state index in [9.17, 15) is 0 Å². The van der Waals surface area contributed by atoms with Crippen LogP contribution >= 0.6 is 8.58 Å². The normalized spacial score (nSPS) is 11.2. The molecule has 3 heteroatoms. The highest BCUT2D eigenvalue weighted by Gasteiger charge is 2.12. The molecule has 4 aromatic carbocycles. The Morgan fingerprint density at radius 1 is 0.656 bits per heavy atom. The Morgan fingerprint density at radius 3 is 2.06 bits per heavy atom. The monoisotopic (exact) mass is 439 g/mol. The highest BCUT2D eigenvalue weighted by molar-refractivity contribution is 7.56. The fourth-order valence-electron chi connectivity index (χ4n) is 3.80. The van der Waals surface area contributed by atoms with Gasteiger partial charge < -0.3 is 10.1 Å². The molecule has 162 valence electrons. The first kappa shape index (κ1) is 22.3. The summed E-state index contributed by atoms with van der Waals surface area (Å²) in [4.78, 5) is 0. The number of hydrogen-bond acceptors (Lipinski definition) is 2. The smallest absolute Gasteiger partial charge is 0.130 e. The standard InChI is InChI=1S/C29H30NOP/c1-22-11-10-18-27(28(22)31-21-25-15-7-4-8-16-25)32-29-23(2)12-9-17-26(29)20-30-19-24-13-5-3-6-14-24/h3-18,30,32H,19-21H2,1-2H3. The summed E-state index contributed by atoms with van der Waals surface area (Å²) in [7, 11) is 0.550. The molecular formula is C29H30NOP. The molecule has 0 aliphatic heterocycles. The van der Waals surface area contributed by atoms with Crippen LogP contribution in [0.25, 0.3) is 0 Å². The first-order valence-electron chi connectivity index (χ1n) is 11.1. The van der Waals surface area contributed by atoms with Crippen molar-refractivity contribution in [2.45, 2.75) is 33.5 Å². The molecule has 0 spiro atoms. The number of benzene rings is 4. The van der Waals surface area contributed by atoms with Crippen LogP contribution in [-0.2, 0) is 19.7 Å². The number of ether oxygens (including phenoxy) is 1. The lowest BCUT2D eigenvalue weighted by atomic mass is 10.1. The number of rotatable bonds is 9. The van der Waals surface area contributed by atoms with Crippen LogP contribution in [0, 0.1) is 13.8 Å². The number of para-hydroxylation sites is 1. The van der Waals surface area contributed by atoms with Crippen molar-refractivity contribution in [1.29, 1.82) is 0 Å². The van der Waals surface area contributed by atoms with Crippen molar-refractivity contribution >= 4 is 19.2 Å². The van der Waals surface area contributed by atoms with Crippen molar-refractivity contribution in [3.8, 4) is 5.75 Å². The van der Waals surface area contributed by atoms with Gasteiger partial charge in [0.15, 0.2) is 0 Å². The van der Waals surface area contributed by atoms with Crippen LogP contribution in [0.1, 0.15) is 27.8 Å². The molecule has 1 N–H and O–H groups in total. The topological polar surface area (TPSA) is 21.3 Å². The van der Waals surface area contributed by atoms with Crippen LogP contribution in [0.4, 0.5) is 0 Å². The van der Waals surface area contributed by atoms with Crippen molar-refractivity contribution in [2.24, 2.45) is 0 Å². The fourth-order valence-corrected chi connectivity index (χ4v) is 5.24. The third kappa shape index (κ3) is 5.85. The van der Waals surface area contributed by atoms with Crippen LogP contribution < -0.4 is 20.7 Å². The minimum absolute atomic E-state index is 0.550. The maximum atomic E-state index is 6.34. The Kier molecular flexibility index (Phi) is 7.72. The molecule has 0 heterocycles. The van der Waals surface area contributed by atoms with Crippen molar-refractivity contribution in [2.75, 3.05) is 0 Å². The van der Waals surface area contributed by atoms with Crippen LogP contribution in [-0.4, -0.2) is 0 Å². The number of hydrogen-bond donors (Lipinski definition) is 1. The van der Waals surface area contributed by atoms with E-state index in [1.165, 1.54) is 38.4 Å². The van der Waals surface area contributed by atoms with Crippen molar-refractivity contribution in [1.82, 2.24) is 5.32 Å². The summed E-state index contributed by atoms with van der Waals surface area (Å²) >= 11 is 0. The second kappa shape index (κ2) is 11.1. The van der Waals surface area contributed by atoms with Crippen LogP contribution in [0.3, 0.4) is 0 Å². The maximum Gasteiger partial charge on any atom is 0.130 e. The molecule has 0 saturated heterocycles. The Labute approximate surface area is 193 Å². The molecule has 32 heavy (non-hydrogen) atoms. The van der Waals surface area contributed by atoms with E-state index in [1.54, 1.807) is 0 Å². The van der Waals surface area contributed by atoms with Crippen LogP contribution in [0.15, 0.2) is 97.1 Å². The summed E-state index contributed by atoms with van der Waals surface area (Å²) in [6, 6.07) is 34.0. The maximum absolute atomic E-state index is 6.34. The van der Waals surface area contributed by atoms with Crippen LogP contribution in [0.5, 0.6) is 5.75 Å². The zero-order valence-electron chi connectivity index (χ0n) is 18.8. The lowest BCUT2D eigenvalue weighted by Crippen LogP contribution is -2.20. The molecule has 2 nitrogen and oxygen atoms in total. The van der Waals surface area contributed by atoms with Gasteiger partial charge in [0.2, 0.25) is 0 Å². The lowest BCUT2D eigenvalue weighted by Gasteiger charge is -2.18. The van der Waals surface area contributed by atoms with E-state index < -0.39 is 0 Å². The van der Waals surface area contributed by atoms with E-state index in [4.69, 9.17) is 4.74 Å². The molecule has 0 aromatic heterocycles. The van der Waals surface area contributed by atoms with Gasteiger partial charge in [-0.15, -0.1) is 0 Å². The summed E-state index contributed by atoms with van der Waals surface area (Å²) in [5.74, 6) is 1.01. The molecule has 0 amide bonds. The Hall–Kier alpha value is -2.93. The third-order valence-corrected chi connectivity index (χ3v) is 7.17. The average molecular weight is 440 g/mol. The van der Waals surface area contributed by atoms with E-state index in [2.05, 4.69) is 110 Å². The Morgan fingerprint density at radius 2 is 1.31 bits per heavy atom. The van der Waals surface area contributed by atoms with Gasteiger partial charge in [0.1, 0.15) is 12.4 Å². The van der Waals surface area contributed by atoms with E-state index >= 15 is 0 Å². The van der Waals surface area contributed by atoms with Crippen molar-refractivity contribution in [3.63, 3.8) is 0 Å². The second-order valence-electron chi connectivity index (χ2n) is 8.05. The van der Waals surface area contributed by atoms with E-state index in [-0.39, 0.29) is 0 Å². The van der Waals surface area contributed by atoms with E-state index in [1.807, 2.05) is 6.07 Å². The van der Waals surface area contributed by atoms with Gasteiger partial charge in [-0.1, -0.05) is 106 Å². The molecule has 0 saturated carbocycles. The second-order valence-corrected chi connectivity index (χ2v) is 9.34. The number of aryl methyl sites for hydroxylation is 2. The summed E-state index contributed by atoms with van der Waals surface area (Å²) in [5.41, 5.74) is 6.36. The summed E-state index contributed by atoms with van der Waals surface area (Å²) in [5, 5.41) is 6.29. The molecule has 1 atom stereocenters. The molecule has 4 rings (SSSR count). The van der Waals surface area contributed by atoms with Gasteiger partial charge in [0.05, 0.1) is 0 Å². The van der Waals surface area contributed by atoms with E-state index in [0.29, 0.717) is 15.2 Å². The Bertz CT molecular complexity index is 1140. The largest absolute Gasteiger partial charge is 0.488 e. The summed E-state index contributed by atoms with van der Waals surface area (Å²) in [6.07, 6.45) is 0. The van der Waals surface area contributed by atoms with Crippen LogP contribution in [0.2, 0.25) is 0 Å². The first-order valence-corrected chi connectivity index (χ1v) is 12.1. The van der Waals surface area contributed by atoms with Gasteiger partial charge in [-0.25, -0.2) is 0 Å². The molecule has 4 aromatic rings. The predicted octanol–water partition coefficient (Wildman–Crippen LogP) is 5.80. The lowest BCUT2D eigenvalue weighted by molar-refractivity contribution is 0.307. The minimum atomic E-state index is 0.550. The molecule has 0 radical (unpaired) electrons. The summed E-state index contributed by atoms with van der Waals surface area (Å²) in [6.45, 7) is 6.65. The highest BCUT2D eigenvalue weighted by atomic mass is 31.1. The van der Waals surface area contributed by atoms with Crippen molar-refractivity contribution in [3.05, 3.63) is 125 Å². The van der Waals surface area contributed by atoms with Gasteiger partial charge >= 0.3 is 0 Å². The average Bonchev–Trinajstić information content (AvgIpc) is 2.82. The zero-order valence-corrected chi connectivity index (χ0v) is 19.8. The molecule has 0 aliphatic carbocycles. The van der Waals surface area contributed by atoms with Crippen molar-refractivity contribution < 1.29 is 4.74 Å². The number of nitrogens with one attached hydrogen (secondary N) is 1. The predicted molar refractivity (Wildman–Crippen MR) is 138 cm³/mol. The van der Waals surface area contributed by atoms with Gasteiger partial charge in [-0.05, 0) is 47.0 Å². The first-order chi connectivity index (χ1) is 15.7. The third-order valence-electron chi connectivity index (χ3n) is 5.54. The summed E-state index contributed by atoms with van der Waals surface area (Å²) < 4.78 is 6.34.